The van der Waals surface area contributed by atoms with E-state index in [1.165, 1.54) is 5.56 Å². The fraction of sp³-hybridized carbons (Fsp3) is 0.538. The minimum absolute atomic E-state index is 0.00880. The predicted octanol–water partition coefficient (Wildman–Crippen LogP) is 2.52. The molecule has 2 unspecified atom stereocenters. The maximum absolute atomic E-state index is 10.2. The van der Waals surface area contributed by atoms with Crippen LogP contribution in [0.15, 0.2) is 18.2 Å². The van der Waals surface area contributed by atoms with Gasteiger partial charge in [-0.25, -0.2) is 0 Å². The number of benzene rings is 1. The lowest BCUT2D eigenvalue weighted by molar-refractivity contribution is -0.00290. The molecule has 2 nitrogen and oxygen atoms in total. The van der Waals surface area contributed by atoms with Crippen LogP contribution in [0.5, 0.6) is 0 Å². The van der Waals surface area contributed by atoms with E-state index < -0.39 is 6.10 Å². The number of hydrogen-bond acceptors (Lipinski definition) is 2. The van der Waals surface area contributed by atoms with Crippen molar-refractivity contribution in [1.82, 2.24) is 0 Å². The van der Waals surface area contributed by atoms with Gasteiger partial charge >= 0.3 is 0 Å². The first-order chi connectivity index (χ1) is 7.18. The van der Waals surface area contributed by atoms with E-state index in [2.05, 4.69) is 18.2 Å². The van der Waals surface area contributed by atoms with Gasteiger partial charge in [0.25, 0.3) is 0 Å². The van der Waals surface area contributed by atoms with Gasteiger partial charge in [-0.15, -0.1) is 0 Å². The summed E-state index contributed by atoms with van der Waals surface area (Å²) in [7, 11) is 0. The van der Waals surface area contributed by atoms with Gasteiger partial charge in [-0.2, -0.15) is 0 Å². The molecule has 1 aromatic carbocycles. The number of hydrogen-bond donors (Lipinski definition) is 1. The van der Waals surface area contributed by atoms with Gasteiger partial charge in [0.15, 0.2) is 0 Å². The highest BCUT2D eigenvalue weighted by atomic mass is 16.5. The zero-order valence-electron chi connectivity index (χ0n) is 9.36. The molecule has 1 aromatic rings. The molecule has 15 heavy (non-hydrogen) atoms. The Hall–Kier alpha value is -0.860. The van der Waals surface area contributed by atoms with Crippen molar-refractivity contribution >= 4 is 0 Å². The van der Waals surface area contributed by atoms with Crippen molar-refractivity contribution in [1.29, 1.82) is 0 Å². The van der Waals surface area contributed by atoms with Crippen molar-refractivity contribution in [3.63, 3.8) is 0 Å². The molecule has 1 saturated heterocycles. The molecule has 2 heteroatoms. The van der Waals surface area contributed by atoms with E-state index in [0.717, 1.165) is 30.6 Å². The SMILES string of the molecule is Cc1ccc(C)c(C(O)C2CCCO2)c1. The molecule has 0 spiro atoms. The van der Waals surface area contributed by atoms with Crippen LogP contribution in [0.1, 0.15) is 35.6 Å². The van der Waals surface area contributed by atoms with Gasteiger partial charge in [0, 0.05) is 6.61 Å². The Morgan fingerprint density at radius 3 is 2.87 bits per heavy atom. The Kier molecular flexibility index (Phi) is 3.08. The topological polar surface area (TPSA) is 29.5 Å². The first-order valence-corrected chi connectivity index (χ1v) is 5.55. The summed E-state index contributed by atoms with van der Waals surface area (Å²) in [4.78, 5) is 0. The van der Waals surface area contributed by atoms with Crippen LogP contribution in [0, 0.1) is 13.8 Å². The van der Waals surface area contributed by atoms with Gasteiger partial charge in [0.1, 0.15) is 6.10 Å². The molecule has 1 aliphatic rings. The molecule has 1 heterocycles. The molecule has 1 aliphatic heterocycles. The molecule has 0 aliphatic carbocycles. The highest BCUT2D eigenvalue weighted by Gasteiger charge is 2.26. The van der Waals surface area contributed by atoms with Gasteiger partial charge in [0.05, 0.1) is 6.10 Å². The highest BCUT2D eigenvalue weighted by Crippen LogP contribution is 2.29. The predicted molar refractivity (Wildman–Crippen MR) is 59.8 cm³/mol. The Labute approximate surface area is 90.9 Å². The average Bonchev–Trinajstić information content (AvgIpc) is 2.74. The van der Waals surface area contributed by atoms with E-state index in [9.17, 15) is 5.11 Å². The van der Waals surface area contributed by atoms with E-state index in [1.807, 2.05) is 13.8 Å². The van der Waals surface area contributed by atoms with Gasteiger partial charge in [-0.05, 0) is 37.8 Å². The maximum atomic E-state index is 10.2. The third-order valence-corrected chi connectivity index (χ3v) is 3.07. The minimum atomic E-state index is -0.465. The normalized spacial score (nSPS) is 23.0. The van der Waals surface area contributed by atoms with Crippen LogP contribution in [-0.4, -0.2) is 17.8 Å². The summed E-state index contributed by atoms with van der Waals surface area (Å²) in [6.45, 7) is 4.87. The molecular weight excluding hydrogens is 188 g/mol. The van der Waals surface area contributed by atoms with Gasteiger partial charge < -0.3 is 9.84 Å². The molecule has 1 N–H and O–H groups in total. The number of aliphatic hydroxyl groups is 1. The van der Waals surface area contributed by atoms with E-state index >= 15 is 0 Å². The molecule has 2 atom stereocenters. The molecule has 0 amide bonds. The third kappa shape index (κ3) is 2.21. The van der Waals surface area contributed by atoms with Crippen LogP contribution >= 0.6 is 0 Å². The molecule has 1 fully saturated rings. The summed E-state index contributed by atoms with van der Waals surface area (Å²) in [6, 6.07) is 6.19. The standard InChI is InChI=1S/C13H18O2/c1-9-5-6-10(2)11(8-9)13(14)12-4-3-7-15-12/h5-6,8,12-14H,3-4,7H2,1-2H3. The summed E-state index contributed by atoms with van der Waals surface area (Å²) in [5.41, 5.74) is 3.35. The second-order valence-electron chi connectivity index (χ2n) is 4.36. The van der Waals surface area contributed by atoms with E-state index in [4.69, 9.17) is 4.74 Å². The lowest BCUT2D eigenvalue weighted by Gasteiger charge is -2.20. The number of aryl methyl sites for hydroxylation is 2. The van der Waals surface area contributed by atoms with Crippen molar-refractivity contribution in [2.75, 3.05) is 6.61 Å². The maximum Gasteiger partial charge on any atom is 0.105 e. The van der Waals surface area contributed by atoms with E-state index in [-0.39, 0.29) is 6.10 Å². The van der Waals surface area contributed by atoms with Crippen molar-refractivity contribution in [2.24, 2.45) is 0 Å². The summed E-state index contributed by atoms with van der Waals surface area (Å²) in [5.74, 6) is 0. The van der Waals surface area contributed by atoms with Crippen molar-refractivity contribution < 1.29 is 9.84 Å². The van der Waals surface area contributed by atoms with Crippen molar-refractivity contribution in [3.05, 3.63) is 34.9 Å². The third-order valence-electron chi connectivity index (χ3n) is 3.07. The molecule has 0 radical (unpaired) electrons. The summed E-state index contributed by atoms with van der Waals surface area (Å²) >= 11 is 0. The fourth-order valence-corrected chi connectivity index (χ4v) is 2.13. The Morgan fingerprint density at radius 2 is 2.20 bits per heavy atom. The van der Waals surface area contributed by atoms with E-state index in [1.54, 1.807) is 0 Å². The summed E-state index contributed by atoms with van der Waals surface area (Å²) < 4.78 is 5.51. The number of rotatable bonds is 2. The van der Waals surface area contributed by atoms with Crippen LogP contribution in [0.2, 0.25) is 0 Å². The van der Waals surface area contributed by atoms with Gasteiger partial charge in [-0.1, -0.05) is 23.8 Å². The fourth-order valence-electron chi connectivity index (χ4n) is 2.13. The first-order valence-electron chi connectivity index (χ1n) is 5.55. The minimum Gasteiger partial charge on any atom is -0.386 e. The second kappa shape index (κ2) is 4.33. The van der Waals surface area contributed by atoms with E-state index in [0.29, 0.717) is 0 Å². The lowest BCUT2D eigenvalue weighted by Crippen LogP contribution is -2.18. The Balaban J connectivity index is 2.23. The van der Waals surface area contributed by atoms with Gasteiger partial charge in [0.2, 0.25) is 0 Å². The van der Waals surface area contributed by atoms with Gasteiger partial charge in [-0.3, -0.25) is 0 Å². The molecule has 0 saturated carbocycles. The Bertz CT molecular complexity index is 340. The molecular formula is C13H18O2. The average molecular weight is 206 g/mol. The van der Waals surface area contributed by atoms with Crippen molar-refractivity contribution in [3.8, 4) is 0 Å². The highest BCUT2D eigenvalue weighted by molar-refractivity contribution is 5.32. The smallest absolute Gasteiger partial charge is 0.105 e. The lowest BCUT2D eigenvalue weighted by atomic mass is 9.96. The molecule has 0 bridgehead atoms. The van der Waals surface area contributed by atoms with Crippen molar-refractivity contribution in [2.45, 2.75) is 38.9 Å². The van der Waals surface area contributed by atoms with Crippen LogP contribution in [0.4, 0.5) is 0 Å². The molecule has 2 rings (SSSR count). The number of ether oxygens (including phenoxy) is 1. The second-order valence-corrected chi connectivity index (χ2v) is 4.36. The first kappa shape index (κ1) is 10.7. The summed E-state index contributed by atoms with van der Waals surface area (Å²) in [6.07, 6.45) is 1.55. The zero-order chi connectivity index (χ0) is 10.8. The largest absolute Gasteiger partial charge is 0.386 e. The quantitative estimate of drug-likeness (QED) is 0.805. The van der Waals surface area contributed by atoms with Crippen LogP contribution in [-0.2, 0) is 4.74 Å². The Morgan fingerprint density at radius 1 is 1.40 bits per heavy atom. The van der Waals surface area contributed by atoms with Crippen LogP contribution in [0.3, 0.4) is 0 Å². The monoisotopic (exact) mass is 206 g/mol. The van der Waals surface area contributed by atoms with Crippen LogP contribution in [0.25, 0.3) is 0 Å². The number of aliphatic hydroxyl groups excluding tert-OH is 1. The summed E-state index contributed by atoms with van der Waals surface area (Å²) in [5, 5.41) is 10.2. The zero-order valence-corrected chi connectivity index (χ0v) is 9.36. The van der Waals surface area contributed by atoms with Crippen LogP contribution < -0.4 is 0 Å². The molecule has 82 valence electrons. The molecule has 0 aromatic heterocycles.